The van der Waals surface area contributed by atoms with E-state index in [0.717, 1.165) is 27.2 Å². The van der Waals surface area contributed by atoms with Gasteiger partial charge in [-0.05, 0) is 103 Å². The SMILES string of the molecule is CC(C)OC(C)(C)c1csc(NC(=O)c2cccn2Cc2cc[n+](O)cc2)n1.CC(C)OC(C)(C)c1csc(NC(=O)c2cccn2Cc2ccncc2)n1. The zero-order chi connectivity index (χ0) is 39.8. The molecule has 3 N–H and O–H groups in total. The van der Waals surface area contributed by atoms with Crippen LogP contribution in [0, 0.1) is 0 Å². The van der Waals surface area contributed by atoms with E-state index in [1.807, 2.05) is 112 Å². The number of carbonyl (C=O) groups excluding carboxylic acids is 2. The molecule has 13 nitrogen and oxygen atoms in total. The highest BCUT2D eigenvalue weighted by atomic mass is 32.1. The van der Waals surface area contributed by atoms with Crippen LogP contribution in [-0.2, 0) is 33.8 Å². The van der Waals surface area contributed by atoms with Gasteiger partial charge in [0.2, 0.25) is 12.4 Å². The van der Waals surface area contributed by atoms with E-state index in [1.165, 1.54) is 22.7 Å². The van der Waals surface area contributed by atoms with E-state index < -0.39 is 11.2 Å². The number of hydrogen-bond donors (Lipinski definition) is 3. The Hall–Kier alpha value is -5.22. The average Bonchev–Trinajstić information content (AvgIpc) is 3.94. The molecular weight excluding hydrogens is 737 g/mol. The molecule has 0 saturated carbocycles. The zero-order valence-corrected chi connectivity index (χ0v) is 34.0. The molecule has 0 spiro atoms. The van der Waals surface area contributed by atoms with E-state index in [4.69, 9.17) is 9.47 Å². The monoisotopic (exact) mass is 785 g/mol. The van der Waals surface area contributed by atoms with Crippen LogP contribution in [0.15, 0.2) is 96.5 Å². The maximum atomic E-state index is 12.7. The smallest absolute Gasteiger partial charge is 0.274 e. The minimum absolute atomic E-state index is 0.0799. The van der Waals surface area contributed by atoms with Crippen LogP contribution in [0.5, 0.6) is 0 Å². The molecule has 6 aromatic heterocycles. The van der Waals surface area contributed by atoms with Gasteiger partial charge in [-0.2, -0.15) is 0 Å². The summed E-state index contributed by atoms with van der Waals surface area (Å²) >= 11 is 2.78. The van der Waals surface area contributed by atoms with Crippen molar-refractivity contribution in [2.24, 2.45) is 0 Å². The van der Waals surface area contributed by atoms with Crippen molar-refractivity contribution in [2.75, 3.05) is 10.6 Å². The zero-order valence-electron chi connectivity index (χ0n) is 32.4. The van der Waals surface area contributed by atoms with Crippen molar-refractivity contribution < 1.29 is 29.0 Å². The Bertz CT molecular complexity index is 2150. The summed E-state index contributed by atoms with van der Waals surface area (Å²) in [5, 5.41) is 20.0. The van der Waals surface area contributed by atoms with Crippen LogP contribution in [0.1, 0.15) is 98.9 Å². The minimum Gasteiger partial charge on any atom is -0.367 e. The Labute approximate surface area is 329 Å². The molecule has 0 aliphatic heterocycles. The summed E-state index contributed by atoms with van der Waals surface area (Å²) in [7, 11) is 0. The highest BCUT2D eigenvalue weighted by Crippen LogP contribution is 2.31. The van der Waals surface area contributed by atoms with Gasteiger partial charge in [0, 0.05) is 65.5 Å². The third kappa shape index (κ3) is 11.4. The molecule has 0 bridgehead atoms. The molecule has 0 unspecified atom stereocenters. The topological polar surface area (TPSA) is 149 Å². The van der Waals surface area contributed by atoms with Gasteiger partial charge >= 0.3 is 0 Å². The Kier molecular flexibility index (Phi) is 13.4. The number of carbonyl (C=O) groups is 2. The molecule has 0 radical (unpaired) electrons. The summed E-state index contributed by atoms with van der Waals surface area (Å²) in [5.74, 6) is -0.404. The number of rotatable bonds is 14. The second kappa shape index (κ2) is 17.9. The van der Waals surface area contributed by atoms with Crippen LogP contribution in [0.4, 0.5) is 10.3 Å². The van der Waals surface area contributed by atoms with Crippen molar-refractivity contribution in [2.45, 2.75) is 91.9 Å². The average molecular weight is 786 g/mol. The fourth-order valence-electron chi connectivity index (χ4n) is 5.79. The van der Waals surface area contributed by atoms with Crippen molar-refractivity contribution in [3.63, 3.8) is 0 Å². The Balaban J connectivity index is 0.000000211. The van der Waals surface area contributed by atoms with E-state index in [9.17, 15) is 14.8 Å². The molecule has 0 aromatic carbocycles. The highest BCUT2D eigenvalue weighted by Gasteiger charge is 2.28. The van der Waals surface area contributed by atoms with E-state index in [-0.39, 0.29) is 24.0 Å². The number of aromatic nitrogens is 6. The van der Waals surface area contributed by atoms with Gasteiger partial charge in [0.25, 0.3) is 11.8 Å². The Morgan fingerprint density at radius 3 is 1.56 bits per heavy atom. The molecule has 290 valence electrons. The number of anilines is 2. The second-order valence-electron chi connectivity index (χ2n) is 14.3. The first-order valence-corrected chi connectivity index (χ1v) is 19.6. The third-order valence-corrected chi connectivity index (χ3v) is 9.72. The van der Waals surface area contributed by atoms with E-state index in [1.54, 1.807) is 49.1 Å². The summed E-state index contributed by atoms with van der Waals surface area (Å²) in [6.45, 7) is 17.0. The fourth-order valence-corrected chi connectivity index (χ4v) is 7.51. The van der Waals surface area contributed by atoms with Crippen LogP contribution >= 0.6 is 22.7 Å². The van der Waals surface area contributed by atoms with E-state index in [0.29, 0.717) is 34.7 Å². The standard InChI is InChI=1S/C20H24N4O3S.C20H24N4O2S/c1-14(2)27-20(3,4)17-13-28-19(21-17)22-18(25)16-6-5-9-23(16)12-15-7-10-24(26)11-8-15;1-14(2)26-20(3,4)17-13-27-19(22-17)23-18(25)16-6-5-11-24(16)12-15-7-9-21-10-8-15/h5-11,13-14H,12H2,1-4H3,(H-,21,22,25,26);5-11,13-14H,12H2,1-4H3,(H,22,23,25)/p+1. The predicted octanol–water partition coefficient (Wildman–Crippen LogP) is 7.73. The van der Waals surface area contributed by atoms with Crippen molar-refractivity contribution >= 4 is 44.8 Å². The molecular formula is C40H49N8O5S2+. The molecule has 6 aromatic rings. The maximum Gasteiger partial charge on any atom is 0.274 e. The summed E-state index contributed by atoms with van der Waals surface area (Å²) in [5.41, 5.74) is 3.75. The lowest BCUT2D eigenvalue weighted by Crippen LogP contribution is -2.28. The lowest BCUT2D eigenvalue weighted by Gasteiger charge is -2.25. The molecule has 0 fully saturated rings. The molecule has 0 aliphatic carbocycles. The molecule has 15 heteroatoms. The van der Waals surface area contributed by atoms with Crippen LogP contribution in [-0.4, -0.2) is 53.3 Å². The summed E-state index contributed by atoms with van der Waals surface area (Å²) in [6, 6.07) is 14.7. The molecule has 6 heterocycles. The highest BCUT2D eigenvalue weighted by molar-refractivity contribution is 7.14. The molecule has 0 saturated heterocycles. The van der Waals surface area contributed by atoms with Crippen LogP contribution < -0.4 is 15.4 Å². The minimum atomic E-state index is -0.523. The summed E-state index contributed by atoms with van der Waals surface area (Å²) in [4.78, 5) is 38.5. The van der Waals surface area contributed by atoms with Crippen LogP contribution in [0.25, 0.3) is 0 Å². The van der Waals surface area contributed by atoms with Gasteiger partial charge in [-0.25, -0.2) is 9.97 Å². The van der Waals surface area contributed by atoms with Gasteiger partial charge in [0.15, 0.2) is 10.3 Å². The van der Waals surface area contributed by atoms with Gasteiger partial charge in [-0.15, -0.1) is 22.7 Å². The normalized spacial score (nSPS) is 11.7. The number of nitrogens with zero attached hydrogens (tertiary/aromatic N) is 6. The Morgan fingerprint density at radius 2 is 1.15 bits per heavy atom. The van der Waals surface area contributed by atoms with Gasteiger partial charge in [0.05, 0.1) is 23.6 Å². The first-order valence-electron chi connectivity index (χ1n) is 17.9. The van der Waals surface area contributed by atoms with Gasteiger partial charge in [0.1, 0.15) is 22.6 Å². The van der Waals surface area contributed by atoms with Crippen molar-refractivity contribution in [3.05, 3.63) is 130 Å². The van der Waals surface area contributed by atoms with Crippen molar-refractivity contribution in [3.8, 4) is 0 Å². The van der Waals surface area contributed by atoms with Crippen LogP contribution in [0.2, 0.25) is 0 Å². The number of thiazole rings is 2. The van der Waals surface area contributed by atoms with Gasteiger partial charge < -0.3 is 18.6 Å². The van der Waals surface area contributed by atoms with E-state index in [2.05, 4.69) is 25.6 Å². The molecule has 6 rings (SSSR count). The molecule has 0 atom stereocenters. The Morgan fingerprint density at radius 1 is 0.727 bits per heavy atom. The van der Waals surface area contributed by atoms with Crippen molar-refractivity contribution in [1.29, 1.82) is 0 Å². The van der Waals surface area contributed by atoms with Crippen molar-refractivity contribution in [1.82, 2.24) is 24.1 Å². The largest absolute Gasteiger partial charge is 0.367 e. The number of hydrogen-bond acceptors (Lipinski definition) is 10. The predicted molar refractivity (Wildman–Crippen MR) is 214 cm³/mol. The second-order valence-corrected chi connectivity index (χ2v) is 16.0. The number of pyridine rings is 2. The molecule has 55 heavy (non-hydrogen) atoms. The summed E-state index contributed by atoms with van der Waals surface area (Å²) in [6.07, 6.45) is 10.5. The molecule has 0 aliphatic rings. The fraction of sp³-hybridized carbons (Fsp3) is 0.350. The van der Waals surface area contributed by atoms with E-state index >= 15 is 0 Å². The maximum absolute atomic E-state index is 12.7. The lowest BCUT2D eigenvalue weighted by molar-refractivity contribution is -0.904. The third-order valence-electron chi connectivity index (χ3n) is 8.21. The lowest BCUT2D eigenvalue weighted by atomic mass is 10.1. The number of nitrogens with one attached hydrogen (secondary N) is 2. The van der Waals surface area contributed by atoms with Crippen LogP contribution in [0.3, 0.4) is 0 Å². The first-order chi connectivity index (χ1) is 26.1. The first kappa shape index (κ1) is 41.0. The quantitative estimate of drug-likeness (QED) is 0.0751. The summed E-state index contributed by atoms with van der Waals surface area (Å²) < 4.78 is 16.6. The van der Waals surface area contributed by atoms with Gasteiger partial charge in [-0.1, -0.05) is 0 Å². The molecule has 2 amide bonds. The number of amides is 2. The number of ether oxygens (including phenoxy) is 2. The van der Waals surface area contributed by atoms with Gasteiger partial charge in [-0.3, -0.25) is 30.4 Å².